The van der Waals surface area contributed by atoms with Crippen LogP contribution in [0.15, 0.2) is 0 Å². The van der Waals surface area contributed by atoms with Gasteiger partial charge in [-0.05, 0) is 208 Å². The number of hydrogen-bond donors (Lipinski definition) is 1. The van der Waals surface area contributed by atoms with Crippen molar-refractivity contribution in [3.05, 3.63) is 0 Å². The molecule has 21 atom stereocenters. The number of piperidine rings is 1. The zero-order valence-electron chi connectivity index (χ0n) is 35.1. The van der Waals surface area contributed by atoms with E-state index in [1.807, 2.05) is 0 Å². The molecule has 1 N–H and O–H groups in total. The molecule has 0 bridgehead atoms. The van der Waals surface area contributed by atoms with Crippen LogP contribution in [0.25, 0.3) is 0 Å². The zero-order valence-corrected chi connectivity index (χ0v) is 35.1. The van der Waals surface area contributed by atoms with Crippen LogP contribution in [0, 0.1) is 124 Å². The molecule has 0 aromatic heterocycles. The molecule has 1 nitrogen and oxygen atoms in total. The minimum Gasteiger partial charge on any atom is -0.314 e. The lowest BCUT2D eigenvalue weighted by atomic mass is 9.40. The third-order valence-electron chi connectivity index (χ3n) is 22.9. The molecule has 11 aliphatic carbocycles. The molecule has 1 heterocycles. The van der Waals surface area contributed by atoms with Gasteiger partial charge in [-0.25, -0.2) is 0 Å². The van der Waals surface area contributed by atoms with Gasteiger partial charge in [0.1, 0.15) is 0 Å². The maximum absolute atomic E-state index is 4.17. The molecular formula is C53H85N. The van der Waals surface area contributed by atoms with Gasteiger partial charge in [0.25, 0.3) is 0 Å². The summed E-state index contributed by atoms with van der Waals surface area (Å²) in [6, 6.07) is 0.862. The second kappa shape index (κ2) is 14.9. The normalized spacial score (nSPS) is 57.2. The van der Waals surface area contributed by atoms with Crippen LogP contribution in [-0.4, -0.2) is 12.6 Å². The van der Waals surface area contributed by atoms with E-state index in [4.69, 9.17) is 0 Å². The van der Waals surface area contributed by atoms with Crippen molar-refractivity contribution in [3.8, 4) is 0 Å². The van der Waals surface area contributed by atoms with Crippen LogP contribution in [0.1, 0.15) is 193 Å². The Kier molecular flexibility index (Phi) is 9.90. The lowest BCUT2D eigenvalue weighted by Crippen LogP contribution is -2.59. The van der Waals surface area contributed by atoms with Crippen LogP contribution in [0.3, 0.4) is 0 Å². The average Bonchev–Trinajstić information content (AvgIpc) is 3.75. The van der Waals surface area contributed by atoms with Gasteiger partial charge in [-0.1, -0.05) is 116 Å². The van der Waals surface area contributed by atoms with Crippen molar-refractivity contribution in [1.29, 1.82) is 0 Å². The Balaban J connectivity index is 0.976. The molecule has 0 aromatic rings. The molecule has 12 fully saturated rings. The standard InChI is InChI=1S/C53H85N/c1-2-13-32(14-3-1)34-17-8-19-36(29-34)48-45-31-44-39-22-5-4-21-38(39)40-23-12-26-43(50(40)44)51(45)49(37-20-9-18-35(30-37)46-27-6-7-28-54-46)53-42-25-11-16-33-15-10-24-41(47(33)42)52(48)53/h32-54H,1-31H2. The predicted molar refractivity (Wildman–Crippen MR) is 224 cm³/mol. The van der Waals surface area contributed by atoms with Crippen molar-refractivity contribution in [2.75, 3.05) is 6.54 Å². The van der Waals surface area contributed by atoms with Gasteiger partial charge in [-0.15, -0.1) is 0 Å². The van der Waals surface area contributed by atoms with E-state index in [2.05, 4.69) is 5.32 Å². The Bertz CT molecular complexity index is 1290. The minimum absolute atomic E-state index is 0.862. The fourth-order valence-corrected chi connectivity index (χ4v) is 22.0. The first kappa shape index (κ1) is 35.9. The molecule has 1 heteroatoms. The Hall–Kier alpha value is -0.0400. The quantitative estimate of drug-likeness (QED) is 0.303. The maximum atomic E-state index is 4.17. The summed E-state index contributed by atoms with van der Waals surface area (Å²) >= 11 is 0. The Morgan fingerprint density at radius 2 is 0.741 bits per heavy atom. The van der Waals surface area contributed by atoms with Crippen LogP contribution in [0.2, 0.25) is 0 Å². The highest BCUT2D eigenvalue weighted by atomic mass is 14.9. The summed E-state index contributed by atoms with van der Waals surface area (Å²) in [7, 11) is 0. The van der Waals surface area contributed by atoms with E-state index in [0.29, 0.717) is 0 Å². The lowest BCUT2D eigenvalue weighted by molar-refractivity contribution is -0.165. The smallest absolute Gasteiger partial charge is 0.00954 e. The van der Waals surface area contributed by atoms with Gasteiger partial charge in [-0.2, -0.15) is 0 Å². The maximum Gasteiger partial charge on any atom is 0.00954 e. The molecule has 1 aliphatic heterocycles. The highest BCUT2D eigenvalue weighted by Gasteiger charge is 2.70. The third kappa shape index (κ3) is 5.77. The summed E-state index contributed by atoms with van der Waals surface area (Å²) in [4.78, 5) is 0. The van der Waals surface area contributed by atoms with Gasteiger partial charge in [0.05, 0.1) is 0 Å². The van der Waals surface area contributed by atoms with Gasteiger partial charge in [0.15, 0.2) is 0 Å². The summed E-state index contributed by atoms with van der Waals surface area (Å²) in [5, 5.41) is 4.17. The first-order valence-corrected chi connectivity index (χ1v) is 26.5. The largest absolute Gasteiger partial charge is 0.314 e. The second-order valence-corrected chi connectivity index (χ2v) is 24.3. The number of fused-ring (bicyclic) bond motifs is 8. The monoisotopic (exact) mass is 736 g/mol. The van der Waals surface area contributed by atoms with Crippen molar-refractivity contribution in [2.24, 2.45) is 124 Å². The topological polar surface area (TPSA) is 12.0 Å². The highest BCUT2D eigenvalue weighted by molar-refractivity contribution is 5.18. The van der Waals surface area contributed by atoms with Crippen LogP contribution in [0.4, 0.5) is 0 Å². The molecule has 0 radical (unpaired) electrons. The van der Waals surface area contributed by atoms with Crippen LogP contribution in [-0.2, 0) is 0 Å². The van der Waals surface area contributed by atoms with E-state index in [1.54, 1.807) is 173 Å². The summed E-state index contributed by atoms with van der Waals surface area (Å²) < 4.78 is 0. The van der Waals surface area contributed by atoms with Gasteiger partial charge in [-0.3, -0.25) is 0 Å². The van der Waals surface area contributed by atoms with Crippen molar-refractivity contribution in [1.82, 2.24) is 5.32 Å². The summed E-state index contributed by atoms with van der Waals surface area (Å²) in [5.41, 5.74) is 0. The van der Waals surface area contributed by atoms with E-state index in [0.717, 1.165) is 130 Å². The van der Waals surface area contributed by atoms with Gasteiger partial charge in [0, 0.05) is 6.04 Å². The van der Waals surface area contributed by atoms with Crippen LogP contribution < -0.4 is 5.32 Å². The lowest BCUT2D eigenvalue weighted by Gasteiger charge is -2.64. The van der Waals surface area contributed by atoms with Crippen molar-refractivity contribution in [3.63, 3.8) is 0 Å². The first-order valence-electron chi connectivity index (χ1n) is 26.5. The number of rotatable bonds is 4. The van der Waals surface area contributed by atoms with Crippen LogP contribution in [0.5, 0.6) is 0 Å². The average molecular weight is 736 g/mol. The molecule has 0 spiro atoms. The van der Waals surface area contributed by atoms with E-state index < -0.39 is 0 Å². The van der Waals surface area contributed by atoms with Crippen molar-refractivity contribution in [2.45, 2.75) is 199 Å². The summed E-state index contributed by atoms with van der Waals surface area (Å²) in [5.74, 6) is 23.7. The predicted octanol–water partition coefficient (Wildman–Crippen LogP) is 13.8. The molecule has 302 valence electrons. The Morgan fingerprint density at radius 1 is 0.222 bits per heavy atom. The molecule has 0 aromatic carbocycles. The second-order valence-electron chi connectivity index (χ2n) is 24.3. The Morgan fingerprint density at radius 3 is 1.50 bits per heavy atom. The molecule has 12 rings (SSSR count). The van der Waals surface area contributed by atoms with E-state index >= 15 is 0 Å². The van der Waals surface area contributed by atoms with Gasteiger partial charge < -0.3 is 5.32 Å². The highest BCUT2D eigenvalue weighted by Crippen LogP contribution is 2.76. The van der Waals surface area contributed by atoms with Gasteiger partial charge in [0.2, 0.25) is 0 Å². The Labute approximate surface area is 333 Å². The van der Waals surface area contributed by atoms with Crippen molar-refractivity contribution < 1.29 is 0 Å². The summed E-state index contributed by atoms with van der Waals surface area (Å²) in [6.45, 7) is 1.32. The molecule has 11 saturated carbocycles. The third-order valence-corrected chi connectivity index (χ3v) is 22.9. The fraction of sp³-hybridized carbons (Fsp3) is 1.00. The SMILES string of the molecule is C1CCC(C2CCCC(C3C4CC5C6CCCCC6C6CCCC(C65)C4C(C4CCCC(C5CCCCN5)C4)C4C5CCCC6CCCC(C65)C34)C2)CC1. The molecular weight excluding hydrogens is 651 g/mol. The van der Waals surface area contributed by atoms with Crippen molar-refractivity contribution >= 4 is 0 Å². The molecule has 12 aliphatic rings. The molecule has 54 heavy (non-hydrogen) atoms. The van der Waals surface area contributed by atoms with E-state index in [-0.39, 0.29) is 0 Å². The van der Waals surface area contributed by atoms with Gasteiger partial charge >= 0.3 is 0 Å². The number of nitrogens with one attached hydrogen (secondary N) is 1. The van der Waals surface area contributed by atoms with E-state index in [1.165, 1.54) is 25.8 Å². The zero-order chi connectivity index (χ0) is 35.3. The number of hydrogen-bond acceptors (Lipinski definition) is 1. The minimum atomic E-state index is 0.862. The van der Waals surface area contributed by atoms with Crippen LogP contribution >= 0.6 is 0 Å². The van der Waals surface area contributed by atoms with E-state index in [9.17, 15) is 0 Å². The molecule has 1 saturated heterocycles. The fourth-order valence-electron chi connectivity index (χ4n) is 22.0. The first-order chi connectivity index (χ1) is 26.8. The molecule has 0 amide bonds. The molecule has 21 unspecified atom stereocenters. The summed E-state index contributed by atoms with van der Waals surface area (Å²) in [6.07, 6.45) is 48.3.